The zero-order valence-electron chi connectivity index (χ0n) is 16.2. The van der Waals surface area contributed by atoms with Crippen molar-refractivity contribution in [3.05, 3.63) is 84.4 Å². The first-order chi connectivity index (χ1) is 13.0. The Morgan fingerprint density at radius 3 is 2.07 bits per heavy atom. The lowest BCUT2D eigenvalue weighted by Gasteiger charge is -2.22. The maximum Gasteiger partial charge on any atom is 0.127 e. The third-order valence-electron chi connectivity index (χ3n) is 4.22. The molecule has 0 aliphatic carbocycles. The zero-order chi connectivity index (χ0) is 19.1. The van der Waals surface area contributed by atoms with Crippen molar-refractivity contribution in [3.8, 4) is 17.2 Å². The molecule has 0 fully saturated rings. The van der Waals surface area contributed by atoms with E-state index >= 15 is 0 Å². The molecule has 0 saturated heterocycles. The molecule has 0 heterocycles. The molecular weight excluding hydrogens is 334 g/mol. The first-order valence-corrected chi connectivity index (χ1v) is 9.31. The predicted octanol–water partition coefficient (Wildman–Crippen LogP) is 6.27. The molecule has 3 rings (SSSR count). The molecule has 3 heteroatoms. The quantitative estimate of drug-likeness (QED) is 0.503. The summed E-state index contributed by atoms with van der Waals surface area (Å²) in [5.41, 5.74) is 2.34. The molecule has 0 aliphatic rings. The van der Waals surface area contributed by atoms with Crippen LogP contribution in [0.1, 0.15) is 26.3 Å². The minimum absolute atomic E-state index is 0.0681. The van der Waals surface area contributed by atoms with Gasteiger partial charge in [-0.25, -0.2) is 0 Å². The Hall–Kier alpha value is -2.94. The molecule has 0 spiro atoms. The standard InChI is InChI=1S/C24H27NO2/c1-24(2,3)22-11-7-8-12-23(22)26-18-17-25-19-13-15-21(16-14-19)27-20-9-5-4-6-10-20/h4-16,25H,17-18H2,1-3H3. The summed E-state index contributed by atoms with van der Waals surface area (Å²) in [6.07, 6.45) is 0. The summed E-state index contributed by atoms with van der Waals surface area (Å²) in [4.78, 5) is 0. The van der Waals surface area contributed by atoms with Crippen molar-refractivity contribution >= 4 is 5.69 Å². The van der Waals surface area contributed by atoms with Gasteiger partial charge in [0.25, 0.3) is 0 Å². The fraction of sp³-hybridized carbons (Fsp3) is 0.250. The fourth-order valence-electron chi connectivity index (χ4n) is 2.83. The van der Waals surface area contributed by atoms with Gasteiger partial charge in [-0.2, -0.15) is 0 Å². The van der Waals surface area contributed by atoms with E-state index in [2.05, 4.69) is 38.2 Å². The second-order valence-electron chi connectivity index (χ2n) is 7.46. The van der Waals surface area contributed by atoms with Gasteiger partial charge in [-0.05, 0) is 53.4 Å². The molecule has 1 N–H and O–H groups in total. The van der Waals surface area contributed by atoms with Crippen LogP contribution in [0.4, 0.5) is 5.69 Å². The molecule has 0 bridgehead atoms. The largest absolute Gasteiger partial charge is 0.491 e. The number of hydrogen-bond donors (Lipinski definition) is 1. The van der Waals surface area contributed by atoms with E-state index in [4.69, 9.17) is 9.47 Å². The van der Waals surface area contributed by atoms with Crippen molar-refractivity contribution in [3.63, 3.8) is 0 Å². The van der Waals surface area contributed by atoms with Crippen LogP contribution in [0.3, 0.4) is 0 Å². The number of hydrogen-bond acceptors (Lipinski definition) is 3. The van der Waals surface area contributed by atoms with Crippen LogP contribution in [0, 0.1) is 0 Å². The SMILES string of the molecule is CC(C)(C)c1ccccc1OCCNc1ccc(Oc2ccccc2)cc1. The van der Waals surface area contributed by atoms with Crippen LogP contribution in [0.2, 0.25) is 0 Å². The third kappa shape index (κ3) is 5.52. The summed E-state index contributed by atoms with van der Waals surface area (Å²) in [5.74, 6) is 2.62. The molecule has 140 valence electrons. The Morgan fingerprint density at radius 1 is 0.741 bits per heavy atom. The molecule has 3 nitrogen and oxygen atoms in total. The van der Waals surface area contributed by atoms with Gasteiger partial charge in [-0.3, -0.25) is 0 Å². The van der Waals surface area contributed by atoms with E-state index in [9.17, 15) is 0 Å². The summed E-state index contributed by atoms with van der Waals surface area (Å²) in [6.45, 7) is 7.94. The highest BCUT2D eigenvalue weighted by molar-refractivity contribution is 5.47. The van der Waals surface area contributed by atoms with E-state index in [0.717, 1.165) is 29.5 Å². The van der Waals surface area contributed by atoms with Gasteiger partial charge in [0.05, 0.1) is 0 Å². The van der Waals surface area contributed by atoms with Gasteiger partial charge in [0.2, 0.25) is 0 Å². The molecule has 0 aromatic heterocycles. The monoisotopic (exact) mass is 361 g/mol. The number of nitrogens with one attached hydrogen (secondary N) is 1. The molecular formula is C24H27NO2. The molecule has 0 unspecified atom stereocenters. The highest BCUT2D eigenvalue weighted by atomic mass is 16.5. The van der Waals surface area contributed by atoms with Crippen molar-refractivity contribution in [1.82, 2.24) is 0 Å². The minimum atomic E-state index is 0.0681. The average molecular weight is 361 g/mol. The van der Waals surface area contributed by atoms with E-state index in [1.165, 1.54) is 5.56 Å². The van der Waals surface area contributed by atoms with Gasteiger partial charge in [-0.1, -0.05) is 57.2 Å². The van der Waals surface area contributed by atoms with Crippen molar-refractivity contribution in [2.24, 2.45) is 0 Å². The molecule has 0 amide bonds. The topological polar surface area (TPSA) is 30.5 Å². The van der Waals surface area contributed by atoms with Crippen LogP contribution in [0.5, 0.6) is 17.2 Å². The van der Waals surface area contributed by atoms with Crippen LogP contribution >= 0.6 is 0 Å². The highest BCUT2D eigenvalue weighted by Crippen LogP contribution is 2.30. The summed E-state index contributed by atoms with van der Waals surface area (Å²) >= 11 is 0. The smallest absolute Gasteiger partial charge is 0.127 e. The fourth-order valence-corrected chi connectivity index (χ4v) is 2.83. The minimum Gasteiger partial charge on any atom is -0.491 e. The van der Waals surface area contributed by atoms with Gasteiger partial charge >= 0.3 is 0 Å². The first kappa shape index (κ1) is 18.8. The van der Waals surface area contributed by atoms with Gasteiger partial charge in [0.15, 0.2) is 0 Å². The van der Waals surface area contributed by atoms with Crippen molar-refractivity contribution in [2.75, 3.05) is 18.5 Å². The normalized spacial score (nSPS) is 11.1. The van der Waals surface area contributed by atoms with Gasteiger partial charge < -0.3 is 14.8 Å². The van der Waals surface area contributed by atoms with E-state index in [1.807, 2.05) is 66.7 Å². The van der Waals surface area contributed by atoms with Gasteiger partial charge in [-0.15, -0.1) is 0 Å². The maximum absolute atomic E-state index is 6.00. The van der Waals surface area contributed by atoms with E-state index < -0.39 is 0 Å². The number of para-hydroxylation sites is 2. The van der Waals surface area contributed by atoms with Crippen LogP contribution < -0.4 is 14.8 Å². The van der Waals surface area contributed by atoms with E-state index in [0.29, 0.717) is 6.61 Å². The van der Waals surface area contributed by atoms with Crippen molar-refractivity contribution in [1.29, 1.82) is 0 Å². The van der Waals surface area contributed by atoms with Crippen LogP contribution in [0.15, 0.2) is 78.9 Å². The summed E-state index contributed by atoms with van der Waals surface area (Å²) in [7, 11) is 0. The molecule has 0 aliphatic heterocycles. The lowest BCUT2D eigenvalue weighted by molar-refractivity contribution is 0.323. The lowest BCUT2D eigenvalue weighted by Crippen LogP contribution is -2.16. The van der Waals surface area contributed by atoms with Gasteiger partial charge in [0.1, 0.15) is 23.9 Å². The Morgan fingerprint density at radius 2 is 1.37 bits per heavy atom. The predicted molar refractivity (Wildman–Crippen MR) is 112 cm³/mol. The van der Waals surface area contributed by atoms with Crippen LogP contribution in [-0.4, -0.2) is 13.2 Å². The molecule has 3 aromatic carbocycles. The summed E-state index contributed by atoms with van der Waals surface area (Å²) in [6, 6.07) is 26.0. The number of ether oxygens (including phenoxy) is 2. The molecule has 0 saturated carbocycles. The van der Waals surface area contributed by atoms with Gasteiger partial charge in [0, 0.05) is 12.2 Å². The number of rotatable bonds is 7. The Balaban J connectivity index is 1.49. The summed E-state index contributed by atoms with van der Waals surface area (Å²) in [5, 5.41) is 3.38. The van der Waals surface area contributed by atoms with E-state index in [1.54, 1.807) is 0 Å². The Kier molecular flexibility index (Phi) is 6.02. The Labute approximate surface area is 162 Å². The molecule has 3 aromatic rings. The Bertz CT molecular complexity index is 836. The zero-order valence-corrected chi connectivity index (χ0v) is 16.2. The second-order valence-corrected chi connectivity index (χ2v) is 7.46. The second kappa shape index (κ2) is 8.63. The lowest BCUT2D eigenvalue weighted by atomic mass is 9.86. The van der Waals surface area contributed by atoms with Crippen molar-refractivity contribution in [2.45, 2.75) is 26.2 Å². The highest BCUT2D eigenvalue weighted by Gasteiger charge is 2.18. The third-order valence-corrected chi connectivity index (χ3v) is 4.22. The van der Waals surface area contributed by atoms with Crippen LogP contribution in [0.25, 0.3) is 0 Å². The van der Waals surface area contributed by atoms with Crippen molar-refractivity contribution < 1.29 is 9.47 Å². The number of anilines is 1. The van der Waals surface area contributed by atoms with E-state index in [-0.39, 0.29) is 5.41 Å². The molecule has 0 atom stereocenters. The number of benzene rings is 3. The van der Waals surface area contributed by atoms with Crippen LogP contribution in [-0.2, 0) is 5.41 Å². The molecule has 27 heavy (non-hydrogen) atoms. The average Bonchev–Trinajstić information content (AvgIpc) is 2.67. The first-order valence-electron chi connectivity index (χ1n) is 9.31. The summed E-state index contributed by atoms with van der Waals surface area (Å²) < 4.78 is 11.8. The maximum atomic E-state index is 6.00. The molecule has 0 radical (unpaired) electrons.